The van der Waals surface area contributed by atoms with Crippen LogP contribution in [0.4, 0.5) is 4.79 Å². The molecule has 2 heterocycles. The summed E-state index contributed by atoms with van der Waals surface area (Å²) in [4.78, 5) is 11.5. The van der Waals surface area contributed by atoms with Crippen LogP contribution < -0.4 is 19.5 Å². The number of fused-ring (bicyclic) bond motifs is 1. The van der Waals surface area contributed by atoms with E-state index in [4.69, 9.17) is 18.9 Å². The fourth-order valence-electron chi connectivity index (χ4n) is 2.54. The van der Waals surface area contributed by atoms with Crippen molar-refractivity contribution >= 4 is 18.5 Å². The van der Waals surface area contributed by atoms with E-state index in [2.05, 4.69) is 5.32 Å². The molecule has 21 heavy (non-hydrogen) atoms. The smallest absolute Gasteiger partial charge is 0.407 e. The molecule has 0 unspecified atom stereocenters. The van der Waals surface area contributed by atoms with Crippen molar-refractivity contribution in [2.45, 2.75) is 19.9 Å². The summed E-state index contributed by atoms with van der Waals surface area (Å²) >= 11 is 0. The molecule has 0 aromatic heterocycles. The van der Waals surface area contributed by atoms with Crippen LogP contribution in [0, 0.1) is 5.41 Å². The second-order valence-corrected chi connectivity index (χ2v) is 5.60. The molecule has 1 aromatic carbocycles. The summed E-state index contributed by atoms with van der Waals surface area (Å²) in [5.74, 6) is 1.84. The van der Waals surface area contributed by atoms with Gasteiger partial charge in [-0.2, -0.15) is 0 Å². The Labute approximate surface area is 129 Å². The van der Waals surface area contributed by atoms with Gasteiger partial charge in [0.2, 0.25) is 12.5 Å². The van der Waals surface area contributed by atoms with Crippen LogP contribution in [0.1, 0.15) is 25.5 Å². The number of alkyl carbamates (subject to hydrolysis) is 1. The topological polar surface area (TPSA) is 66.0 Å². The van der Waals surface area contributed by atoms with E-state index < -0.39 is 6.09 Å². The molecule has 1 aromatic rings. The van der Waals surface area contributed by atoms with Crippen LogP contribution in [0.25, 0.3) is 0 Å². The first-order chi connectivity index (χ1) is 9.51. The predicted octanol–water partition coefficient (Wildman–Crippen LogP) is 2.65. The Balaban J connectivity index is 0.00000161. The molecule has 1 atom stereocenters. The Morgan fingerprint density at radius 1 is 1.29 bits per heavy atom. The van der Waals surface area contributed by atoms with Crippen molar-refractivity contribution in [1.82, 2.24) is 5.32 Å². The number of rotatable bonds is 2. The van der Waals surface area contributed by atoms with E-state index in [0.29, 0.717) is 23.9 Å². The largest absolute Gasteiger partial charge is 0.493 e. The lowest BCUT2D eigenvalue weighted by Gasteiger charge is -2.38. The highest BCUT2D eigenvalue weighted by Gasteiger charge is 2.39. The molecule has 3 rings (SSSR count). The van der Waals surface area contributed by atoms with Gasteiger partial charge in [-0.05, 0) is 17.7 Å². The van der Waals surface area contributed by atoms with Gasteiger partial charge in [-0.3, -0.25) is 0 Å². The van der Waals surface area contributed by atoms with Crippen LogP contribution >= 0.6 is 12.4 Å². The first-order valence-corrected chi connectivity index (χ1v) is 6.42. The summed E-state index contributed by atoms with van der Waals surface area (Å²) in [5, 5.41) is 2.85. The zero-order valence-corrected chi connectivity index (χ0v) is 12.9. The van der Waals surface area contributed by atoms with Crippen molar-refractivity contribution < 1.29 is 23.7 Å². The van der Waals surface area contributed by atoms with Gasteiger partial charge in [0.05, 0.1) is 13.2 Å². The Morgan fingerprint density at radius 2 is 2.05 bits per heavy atom. The van der Waals surface area contributed by atoms with Crippen molar-refractivity contribution in [2.24, 2.45) is 5.41 Å². The van der Waals surface area contributed by atoms with E-state index in [1.165, 1.54) is 0 Å². The summed E-state index contributed by atoms with van der Waals surface area (Å²) in [6.07, 6.45) is -0.411. The number of halogens is 1. The maximum atomic E-state index is 11.5. The molecule has 0 aliphatic carbocycles. The first-order valence-electron chi connectivity index (χ1n) is 6.42. The number of amides is 1. The molecule has 0 saturated carbocycles. The van der Waals surface area contributed by atoms with Crippen molar-refractivity contribution in [3.63, 3.8) is 0 Å². The second-order valence-electron chi connectivity index (χ2n) is 5.60. The lowest BCUT2D eigenvalue weighted by Crippen LogP contribution is -2.46. The van der Waals surface area contributed by atoms with Crippen LogP contribution in [0.5, 0.6) is 17.2 Å². The zero-order valence-electron chi connectivity index (χ0n) is 12.1. The minimum absolute atomic E-state index is 0. The van der Waals surface area contributed by atoms with Gasteiger partial charge in [0.1, 0.15) is 6.61 Å². The number of cyclic esters (lactones) is 1. The van der Waals surface area contributed by atoms with Crippen LogP contribution in [-0.4, -0.2) is 26.6 Å². The minimum atomic E-state index is -0.411. The van der Waals surface area contributed by atoms with Crippen LogP contribution in [0.2, 0.25) is 0 Å². The highest BCUT2D eigenvalue weighted by molar-refractivity contribution is 5.85. The van der Waals surface area contributed by atoms with Crippen LogP contribution in [0.15, 0.2) is 12.1 Å². The maximum Gasteiger partial charge on any atom is 0.407 e. The highest BCUT2D eigenvalue weighted by Crippen LogP contribution is 2.46. The standard InChI is InChI=1S/C14H17NO5.ClH/c1-14(2)6-18-13(16)15-12(14)8-4-9(17-3)11-10(5-8)19-7-20-11;/h4-5,12H,6-7H2,1-3H3,(H,15,16);1H/t12-;/m0./s1. The Kier molecular flexibility index (Phi) is 4.09. The molecule has 2 aliphatic rings. The summed E-state index contributed by atoms with van der Waals surface area (Å²) < 4.78 is 21.2. The lowest BCUT2D eigenvalue weighted by molar-refractivity contribution is 0.0386. The van der Waals surface area contributed by atoms with E-state index in [0.717, 1.165) is 5.56 Å². The van der Waals surface area contributed by atoms with E-state index in [1.54, 1.807) is 7.11 Å². The Hall–Kier alpha value is -1.82. The Morgan fingerprint density at radius 3 is 2.76 bits per heavy atom. The predicted molar refractivity (Wildman–Crippen MR) is 77.4 cm³/mol. The molecule has 1 fully saturated rings. The molecule has 0 spiro atoms. The number of ether oxygens (including phenoxy) is 4. The molecule has 2 aliphatic heterocycles. The highest BCUT2D eigenvalue weighted by atomic mass is 35.5. The fraction of sp³-hybridized carbons (Fsp3) is 0.500. The van der Waals surface area contributed by atoms with Gasteiger partial charge in [0.25, 0.3) is 0 Å². The van der Waals surface area contributed by atoms with Crippen molar-refractivity contribution in [1.29, 1.82) is 0 Å². The van der Waals surface area contributed by atoms with E-state index in [-0.39, 0.29) is 30.7 Å². The normalized spacial score (nSPS) is 21.9. The van der Waals surface area contributed by atoms with E-state index in [1.807, 2.05) is 26.0 Å². The number of hydrogen-bond donors (Lipinski definition) is 1. The third-order valence-electron chi connectivity index (χ3n) is 3.63. The Bertz CT molecular complexity index is 561. The summed E-state index contributed by atoms with van der Waals surface area (Å²) in [7, 11) is 1.58. The number of carbonyl (C=O) groups excluding carboxylic acids is 1. The quantitative estimate of drug-likeness (QED) is 0.909. The number of methoxy groups -OCH3 is 1. The average molecular weight is 316 g/mol. The monoisotopic (exact) mass is 315 g/mol. The first kappa shape index (κ1) is 15.6. The van der Waals surface area contributed by atoms with Gasteiger partial charge in [-0.25, -0.2) is 4.79 Å². The molecule has 7 heteroatoms. The summed E-state index contributed by atoms with van der Waals surface area (Å²) in [5.41, 5.74) is 0.680. The minimum Gasteiger partial charge on any atom is -0.493 e. The van der Waals surface area contributed by atoms with Gasteiger partial charge in [-0.1, -0.05) is 13.8 Å². The molecule has 6 nitrogen and oxygen atoms in total. The average Bonchev–Trinajstić information content (AvgIpc) is 2.88. The number of carbonyl (C=O) groups is 1. The summed E-state index contributed by atoms with van der Waals surface area (Å²) in [6.45, 7) is 4.61. The van der Waals surface area contributed by atoms with E-state index in [9.17, 15) is 4.79 Å². The fourth-order valence-corrected chi connectivity index (χ4v) is 2.54. The molecule has 116 valence electrons. The van der Waals surface area contributed by atoms with Gasteiger partial charge in [0.15, 0.2) is 11.5 Å². The molecule has 0 radical (unpaired) electrons. The third kappa shape index (κ3) is 2.68. The molecule has 1 amide bonds. The lowest BCUT2D eigenvalue weighted by atomic mass is 9.80. The van der Waals surface area contributed by atoms with Gasteiger partial charge < -0.3 is 24.3 Å². The van der Waals surface area contributed by atoms with E-state index >= 15 is 0 Å². The van der Waals surface area contributed by atoms with Crippen molar-refractivity contribution in [3.8, 4) is 17.2 Å². The van der Waals surface area contributed by atoms with Crippen molar-refractivity contribution in [2.75, 3.05) is 20.5 Å². The molecular formula is C14H18ClNO5. The van der Waals surface area contributed by atoms with Crippen molar-refractivity contribution in [3.05, 3.63) is 17.7 Å². The molecular weight excluding hydrogens is 298 g/mol. The molecule has 0 bridgehead atoms. The molecule has 1 N–H and O–H groups in total. The van der Waals surface area contributed by atoms with Gasteiger partial charge in [0, 0.05) is 5.41 Å². The van der Waals surface area contributed by atoms with Gasteiger partial charge >= 0.3 is 6.09 Å². The molecule has 1 saturated heterocycles. The second kappa shape index (κ2) is 5.52. The summed E-state index contributed by atoms with van der Waals surface area (Å²) in [6, 6.07) is 3.57. The zero-order chi connectivity index (χ0) is 14.3. The third-order valence-corrected chi connectivity index (χ3v) is 3.63. The number of nitrogens with one attached hydrogen (secondary N) is 1. The maximum absolute atomic E-state index is 11.5. The van der Waals surface area contributed by atoms with Gasteiger partial charge in [-0.15, -0.1) is 12.4 Å². The SMILES string of the molecule is COc1cc([C@@H]2NC(=O)OCC2(C)C)cc2c1OCO2.Cl. The number of hydrogen-bond acceptors (Lipinski definition) is 5. The van der Waals surface area contributed by atoms with Crippen LogP contribution in [-0.2, 0) is 4.74 Å². The number of benzene rings is 1. The van der Waals surface area contributed by atoms with Crippen LogP contribution in [0.3, 0.4) is 0 Å².